The van der Waals surface area contributed by atoms with Gasteiger partial charge in [-0.3, -0.25) is 14.5 Å². The minimum absolute atomic E-state index is 0.0251. The van der Waals surface area contributed by atoms with Gasteiger partial charge in [-0.2, -0.15) is 0 Å². The Hall–Kier alpha value is -3.35. The number of nitrogens with zero attached hydrogens (tertiary/aromatic N) is 1. The van der Waals surface area contributed by atoms with Crippen LogP contribution in [0.25, 0.3) is 0 Å². The first kappa shape index (κ1) is 16.1. The maximum absolute atomic E-state index is 12.5. The first-order valence-corrected chi connectivity index (χ1v) is 8.34. The molecule has 4 rings (SSSR count). The van der Waals surface area contributed by atoms with Crippen molar-refractivity contribution in [2.75, 3.05) is 18.5 Å². The Labute approximate surface area is 149 Å². The van der Waals surface area contributed by atoms with Gasteiger partial charge in [0.2, 0.25) is 5.91 Å². The summed E-state index contributed by atoms with van der Waals surface area (Å²) < 4.78 is 5.45. The molecule has 132 valence electrons. The standard InChI is InChI=1S/C19H17N3O4/c23-17-10-20-19(25)22(17)11-12-2-1-3-15(8-12)21-18(24)14-4-5-16-13(9-14)6-7-26-16/h1-5,8-9H,6-7,10-11H2,(H,20,25)(H,21,24). The molecule has 2 N–H and O–H groups in total. The van der Waals surface area contributed by atoms with E-state index in [1.165, 1.54) is 0 Å². The fourth-order valence-corrected chi connectivity index (χ4v) is 3.08. The van der Waals surface area contributed by atoms with E-state index in [2.05, 4.69) is 10.6 Å². The number of anilines is 1. The largest absolute Gasteiger partial charge is 0.493 e. The summed E-state index contributed by atoms with van der Waals surface area (Å²) in [4.78, 5) is 37.0. The van der Waals surface area contributed by atoms with Gasteiger partial charge < -0.3 is 15.4 Å². The number of amides is 4. The van der Waals surface area contributed by atoms with Crippen LogP contribution in [0.5, 0.6) is 5.75 Å². The Bertz CT molecular complexity index is 893. The zero-order valence-corrected chi connectivity index (χ0v) is 14.0. The monoisotopic (exact) mass is 351 g/mol. The van der Waals surface area contributed by atoms with E-state index >= 15 is 0 Å². The molecule has 0 unspecified atom stereocenters. The minimum Gasteiger partial charge on any atom is -0.493 e. The molecule has 7 heteroatoms. The van der Waals surface area contributed by atoms with E-state index in [4.69, 9.17) is 4.74 Å². The lowest BCUT2D eigenvalue weighted by Crippen LogP contribution is -2.30. The third kappa shape index (κ3) is 3.11. The van der Waals surface area contributed by atoms with Gasteiger partial charge in [0.25, 0.3) is 5.91 Å². The molecule has 26 heavy (non-hydrogen) atoms. The highest BCUT2D eigenvalue weighted by molar-refractivity contribution is 6.04. The van der Waals surface area contributed by atoms with Crippen molar-refractivity contribution in [3.8, 4) is 5.75 Å². The molecule has 2 aliphatic rings. The Kier molecular flexibility index (Phi) is 4.04. The molecule has 0 saturated carbocycles. The van der Waals surface area contributed by atoms with Crippen LogP contribution in [-0.2, 0) is 17.8 Å². The fourth-order valence-electron chi connectivity index (χ4n) is 3.08. The highest BCUT2D eigenvalue weighted by atomic mass is 16.5. The van der Waals surface area contributed by atoms with Gasteiger partial charge in [0.05, 0.1) is 19.7 Å². The summed E-state index contributed by atoms with van der Waals surface area (Å²) in [5.41, 5.74) is 2.96. The Morgan fingerprint density at radius 2 is 2.08 bits per heavy atom. The summed E-state index contributed by atoms with van der Waals surface area (Å²) in [6.07, 6.45) is 0.803. The van der Waals surface area contributed by atoms with E-state index < -0.39 is 6.03 Å². The van der Waals surface area contributed by atoms with Gasteiger partial charge in [-0.05, 0) is 41.5 Å². The molecule has 0 bridgehead atoms. The number of hydrogen-bond acceptors (Lipinski definition) is 4. The van der Waals surface area contributed by atoms with E-state index in [1.54, 1.807) is 30.3 Å². The summed E-state index contributed by atoms with van der Waals surface area (Å²) in [5.74, 6) is 0.355. The molecule has 2 aromatic carbocycles. The van der Waals surface area contributed by atoms with Gasteiger partial charge in [0.1, 0.15) is 5.75 Å². The van der Waals surface area contributed by atoms with Crippen molar-refractivity contribution in [3.63, 3.8) is 0 Å². The van der Waals surface area contributed by atoms with Crippen molar-refractivity contribution in [2.45, 2.75) is 13.0 Å². The van der Waals surface area contributed by atoms with Crippen molar-refractivity contribution in [1.29, 1.82) is 0 Å². The third-order valence-corrected chi connectivity index (χ3v) is 4.41. The molecule has 7 nitrogen and oxygen atoms in total. The average Bonchev–Trinajstić information content (AvgIpc) is 3.23. The Morgan fingerprint density at radius 3 is 2.88 bits per heavy atom. The number of fused-ring (bicyclic) bond motifs is 1. The SMILES string of the molecule is O=C(Nc1cccc(CN2C(=O)CNC2=O)c1)c1ccc2c(c1)CCO2. The fraction of sp³-hybridized carbons (Fsp3) is 0.211. The lowest BCUT2D eigenvalue weighted by Gasteiger charge is -2.13. The van der Waals surface area contributed by atoms with Crippen molar-refractivity contribution in [3.05, 3.63) is 59.2 Å². The van der Waals surface area contributed by atoms with Gasteiger partial charge in [-0.1, -0.05) is 12.1 Å². The lowest BCUT2D eigenvalue weighted by atomic mass is 10.1. The maximum Gasteiger partial charge on any atom is 0.324 e. The number of carbonyl (C=O) groups excluding carboxylic acids is 3. The number of benzene rings is 2. The average molecular weight is 351 g/mol. The van der Waals surface area contributed by atoms with Crippen LogP contribution in [0.2, 0.25) is 0 Å². The number of hydrogen-bond donors (Lipinski definition) is 2. The second-order valence-electron chi connectivity index (χ2n) is 6.21. The predicted octanol–water partition coefficient (Wildman–Crippen LogP) is 1.93. The van der Waals surface area contributed by atoms with E-state index in [9.17, 15) is 14.4 Å². The summed E-state index contributed by atoms with van der Waals surface area (Å²) in [6.45, 7) is 0.840. The maximum atomic E-state index is 12.5. The molecule has 0 aromatic heterocycles. The number of ether oxygens (including phenoxy) is 1. The van der Waals surface area contributed by atoms with Gasteiger partial charge in [0.15, 0.2) is 0 Å². The highest BCUT2D eigenvalue weighted by Crippen LogP contribution is 2.26. The highest BCUT2D eigenvalue weighted by Gasteiger charge is 2.28. The summed E-state index contributed by atoms with van der Waals surface area (Å²) >= 11 is 0. The lowest BCUT2D eigenvalue weighted by molar-refractivity contribution is -0.125. The number of carbonyl (C=O) groups is 3. The molecule has 0 radical (unpaired) electrons. The van der Waals surface area contributed by atoms with Crippen LogP contribution < -0.4 is 15.4 Å². The van der Waals surface area contributed by atoms with Crippen molar-refractivity contribution in [2.24, 2.45) is 0 Å². The Morgan fingerprint density at radius 1 is 1.19 bits per heavy atom. The number of urea groups is 1. The number of nitrogens with one attached hydrogen (secondary N) is 2. The number of rotatable bonds is 4. The molecule has 4 amide bonds. The summed E-state index contributed by atoms with van der Waals surface area (Å²) in [5, 5.41) is 5.34. The molecule has 1 fully saturated rings. The van der Waals surface area contributed by atoms with E-state index in [1.807, 2.05) is 12.1 Å². The number of imide groups is 1. The van der Waals surface area contributed by atoms with Crippen molar-refractivity contribution < 1.29 is 19.1 Å². The van der Waals surface area contributed by atoms with Crippen LogP contribution in [-0.4, -0.2) is 35.9 Å². The second-order valence-corrected chi connectivity index (χ2v) is 6.21. The predicted molar refractivity (Wildman–Crippen MR) is 94.0 cm³/mol. The quantitative estimate of drug-likeness (QED) is 0.824. The van der Waals surface area contributed by atoms with Crippen LogP contribution in [0.15, 0.2) is 42.5 Å². The van der Waals surface area contributed by atoms with E-state index in [0.29, 0.717) is 17.9 Å². The summed E-state index contributed by atoms with van der Waals surface area (Å²) in [7, 11) is 0. The van der Waals surface area contributed by atoms with Gasteiger partial charge in [0, 0.05) is 17.7 Å². The normalized spacial score (nSPS) is 15.5. The van der Waals surface area contributed by atoms with E-state index in [0.717, 1.165) is 28.2 Å². The molecule has 0 aliphatic carbocycles. The first-order valence-electron chi connectivity index (χ1n) is 8.34. The van der Waals surface area contributed by atoms with Crippen LogP contribution in [0.1, 0.15) is 21.5 Å². The van der Waals surface area contributed by atoms with Gasteiger partial charge in [-0.25, -0.2) is 4.79 Å². The minimum atomic E-state index is -0.398. The second kappa shape index (κ2) is 6.51. The molecule has 0 spiro atoms. The smallest absolute Gasteiger partial charge is 0.324 e. The molecular formula is C19H17N3O4. The molecule has 2 heterocycles. The Balaban J connectivity index is 1.47. The van der Waals surface area contributed by atoms with E-state index in [-0.39, 0.29) is 24.9 Å². The van der Waals surface area contributed by atoms with Gasteiger partial charge >= 0.3 is 6.03 Å². The first-order chi connectivity index (χ1) is 12.6. The molecule has 2 aliphatic heterocycles. The van der Waals surface area contributed by atoms with Crippen LogP contribution in [0.3, 0.4) is 0 Å². The molecule has 0 atom stereocenters. The topological polar surface area (TPSA) is 87.7 Å². The summed E-state index contributed by atoms with van der Waals surface area (Å²) in [6, 6.07) is 12.1. The zero-order valence-electron chi connectivity index (χ0n) is 14.0. The van der Waals surface area contributed by atoms with Crippen molar-refractivity contribution >= 4 is 23.5 Å². The zero-order chi connectivity index (χ0) is 18.1. The van der Waals surface area contributed by atoms with Gasteiger partial charge in [-0.15, -0.1) is 0 Å². The van der Waals surface area contributed by atoms with Crippen LogP contribution in [0.4, 0.5) is 10.5 Å². The third-order valence-electron chi connectivity index (χ3n) is 4.41. The van der Waals surface area contributed by atoms with Crippen LogP contribution in [0, 0.1) is 0 Å². The molecule has 2 aromatic rings. The van der Waals surface area contributed by atoms with Crippen molar-refractivity contribution in [1.82, 2.24) is 10.2 Å². The molecular weight excluding hydrogens is 334 g/mol. The molecule has 1 saturated heterocycles. The van der Waals surface area contributed by atoms with Crippen LogP contribution >= 0.6 is 0 Å².